The molecule has 0 bridgehead atoms. The van der Waals surface area contributed by atoms with Gasteiger partial charge in [-0.25, -0.2) is 14.4 Å². The number of carbonyl (C=O) groups excluding carboxylic acids is 7. The molecule has 5 atom stereocenters. The smallest absolute Gasteiger partial charge is 0.342 e. The Balaban J connectivity index is 0.000000290. The van der Waals surface area contributed by atoms with E-state index < -0.39 is 40.7 Å². The number of aliphatic carboxylic acids is 1. The van der Waals surface area contributed by atoms with E-state index in [0.717, 1.165) is 110 Å². The molecule has 0 radical (unpaired) electrons. The van der Waals surface area contributed by atoms with E-state index in [1.807, 2.05) is 182 Å². The van der Waals surface area contributed by atoms with Gasteiger partial charge >= 0.3 is 23.9 Å². The molecule has 15 nitrogen and oxygen atoms in total. The number of nitrogens with two attached hydrogens (primary N) is 1. The quantitative estimate of drug-likeness (QED) is 0.0364. The number of anilines is 3. The molecule has 3 aromatic heterocycles. The summed E-state index contributed by atoms with van der Waals surface area (Å²) < 4.78 is 16.8. The largest absolute Gasteiger partial charge is 0.481 e. The first-order valence-corrected chi connectivity index (χ1v) is 50.5. The van der Waals surface area contributed by atoms with Gasteiger partial charge in [-0.15, -0.1) is 104 Å². The minimum absolute atomic E-state index is 0. The molecule has 11 aromatic rings. The maximum Gasteiger partial charge on any atom is 0.342 e. The number of carbonyl (C=O) groups is 8. The van der Waals surface area contributed by atoms with Crippen LogP contribution in [0.15, 0.2) is 210 Å². The highest BCUT2D eigenvalue weighted by Gasteiger charge is 2.34. The molecule has 0 spiro atoms. The van der Waals surface area contributed by atoms with Gasteiger partial charge in [0.2, 0.25) is 22.3 Å². The SMILES string of the molecule is C.C.C.CC(C)(C)OC(=O)c1c(-c2ccc(Cl)cc2)csc1N.CC(C)(C)OC(=O)c1c(-c2ccc(Cl)cc2)csc1NC(=O)C1CCc2ccccc2C1.CC(C)(C)OC(=O)c1c(-c2ccc(Cl)cc2)csc1NC(=O)C1CCc2ccccc2C1.ClCCl.ClCCl.ClCCl.O=C(Cl)C1CCc2ccccc2C1.O=C(Cl)C1CCc2ccccc2C1.O=C(O)C1CCc2ccccc2C1. The fourth-order valence-electron chi connectivity index (χ4n) is 15.4. The van der Waals surface area contributed by atoms with Crippen molar-refractivity contribution in [2.45, 2.75) is 198 Å². The Morgan fingerprint density at radius 1 is 0.341 bits per heavy atom. The summed E-state index contributed by atoms with van der Waals surface area (Å²) in [5, 5.41) is 24.2. The lowest BCUT2D eigenvalue weighted by Crippen LogP contribution is -2.29. The van der Waals surface area contributed by atoms with Crippen LogP contribution in [-0.2, 0) is 102 Å². The Hall–Kier alpha value is -7.99. The molecule has 5 aliphatic rings. The molecule has 0 fully saturated rings. The monoisotopic (exact) mass is 2110 g/mol. The minimum Gasteiger partial charge on any atom is -0.481 e. The minimum atomic E-state index is -0.658. The zero-order chi connectivity index (χ0) is 96.6. The molecule has 16 rings (SSSR count). The number of aryl methyl sites for hydroxylation is 5. The van der Waals surface area contributed by atoms with Crippen molar-refractivity contribution < 1.29 is 57.7 Å². The van der Waals surface area contributed by atoms with E-state index in [0.29, 0.717) is 66.0 Å². The van der Waals surface area contributed by atoms with E-state index in [2.05, 4.69) is 65.2 Å². The van der Waals surface area contributed by atoms with Crippen LogP contribution < -0.4 is 16.4 Å². The number of fused-ring (bicyclic) bond motifs is 5. The normalized spacial score (nSPS) is 15.5. The zero-order valence-electron chi connectivity index (χ0n) is 74.7. The average molecular weight is 2110 g/mol. The third-order valence-electron chi connectivity index (χ3n) is 21.6. The number of carboxylic acid groups (broad SMARTS) is 1. The summed E-state index contributed by atoms with van der Waals surface area (Å²) >= 11 is 61.5. The Morgan fingerprint density at radius 2 is 0.556 bits per heavy atom. The fraction of sp³-hybridized carbons (Fsp3) is 0.358. The second kappa shape index (κ2) is 57.5. The number of halogens is 11. The van der Waals surface area contributed by atoms with Crippen LogP contribution >= 0.6 is 162 Å². The number of nitrogen functional groups attached to an aromatic ring is 1. The van der Waals surface area contributed by atoms with Gasteiger partial charge in [-0.3, -0.25) is 24.0 Å². The van der Waals surface area contributed by atoms with Gasteiger partial charge < -0.3 is 35.7 Å². The first-order valence-electron chi connectivity index (χ1n) is 42.8. The number of thiophene rings is 3. The molecule has 0 aliphatic heterocycles. The van der Waals surface area contributed by atoms with Crippen LogP contribution in [0.4, 0.5) is 15.0 Å². The molecule has 5 unspecified atom stereocenters. The van der Waals surface area contributed by atoms with Gasteiger partial charge in [0.05, 0.1) is 21.9 Å². The van der Waals surface area contributed by atoms with Crippen molar-refractivity contribution in [2.24, 2.45) is 29.6 Å². The molecule has 29 heteroatoms. The summed E-state index contributed by atoms with van der Waals surface area (Å²) in [6.45, 7) is 16.5. The van der Waals surface area contributed by atoms with Crippen LogP contribution in [0.25, 0.3) is 33.4 Å². The topological polar surface area (TPSA) is 235 Å². The van der Waals surface area contributed by atoms with Crippen LogP contribution in [0, 0.1) is 29.6 Å². The summed E-state index contributed by atoms with van der Waals surface area (Å²) in [5.74, 6) is -2.43. The highest BCUT2D eigenvalue weighted by molar-refractivity contribution is 7.16. The molecular formula is C106H120Cl11N3O12S3. The van der Waals surface area contributed by atoms with E-state index in [-0.39, 0.29) is 90.2 Å². The number of ether oxygens (including phenoxy) is 3. The zero-order valence-corrected chi connectivity index (χ0v) is 85.5. The highest BCUT2D eigenvalue weighted by Crippen LogP contribution is 2.43. The number of esters is 3. The summed E-state index contributed by atoms with van der Waals surface area (Å²) in [7, 11) is 0. The van der Waals surface area contributed by atoms with Gasteiger partial charge in [0.25, 0.3) is 0 Å². The van der Waals surface area contributed by atoms with Crippen molar-refractivity contribution in [3.63, 3.8) is 0 Å². The maximum absolute atomic E-state index is 13.2. The number of alkyl halides is 6. The van der Waals surface area contributed by atoms with Gasteiger partial charge in [0.1, 0.15) is 48.5 Å². The highest BCUT2D eigenvalue weighted by atomic mass is 35.5. The third kappa shape index (κ3) is 37.3. The van der Waals surface area contributed by atoms with Crippen molar-refractivity contribution >= 4 is 223 Å². The summed E-state index contributed by atoms with van der Waals surface area (Å²) in [6.07, 6.45) is 12.6. The van der Waals surface area contributed by atoms with Gasteiger partial charge in [-0.05, 0) is 291 Å². The van der Waals surface area contributed by atoms with Crippen LogP contribution in [0.5, 0.6) is 0 Å². The number of amides is 2. The second-order valence-corrected chi connectivity index (χ2v) is 41.5. The van der Waals surface area contributed by atoms with Gasteiger partial charge in [0.15, 0.2) is 0 Å². The lowest BCUT2D eigenvalue weighted by atomic mass is 9.83. The molecular weight excluding hydrogens is 1990 g/mol. The van der Waals surface area contributed by atoms with E-state index in [1.54, 1.807) is 36.4 Å². The molecule has 5 aliphatic carbocycles. The standard InChI is InChI=1S/2C26H26ClNO3S.C15H16ClNO2S.2C11H11ClO.C11H12O2.3CH2Cl2.3CH4/c2*1-26(2,3)31-25(30)22-21(17-10-12-20(27)13-11-17)15-32-24(22)28-23(29)19-9-8-16-6-4-5-7-18(16)14-19;1-15(2,3)19-14(18)12-11(8-20-13(12)17)9-4-6-10(16)7-5-9;3*12-11(13)10-6-5-8-3-1-2-4-9(8)7-10;3*2-1-3;;;/h2*4-7,10-13,15,19H,8-9,14H2,1-3H3,(H,28,29);4-8H,17H2,1-3H3;2*1-4,10H,5-7H2;1-4,10H,5-7H2,(H,12,13);3*1H2;3*1H4. The predicted molar refractivity (Wildman–Crippen MR) is 571 cm³/mol. The molecule has 0 saturated heterocycles. The van der Waals surface area contributed by atoms with Crippen LogP contribution in [0.1, 0.15) is 203 Å². The van der Waals surface area contributed by atoms with Gasteiger partial charge in [-0.2, -0.15) is 0 Å². The predicted octanol–water partition coefficient (Wildman–Crippen LogP) is 31.3. The van der Waals surface area contributed by atoms with E-state index >= 15 is 0 Å². The Labute approximate surface area is 863 Å². The first kappa shape index (κ1) is 118. The van der Waals surface area contributed by atoms with Gasteiger partial charge in [0, 0.05) is 71.6 Å². The molecule has 3 heterocycles. The van der Waals surface area contributed by atoms with Crippen molar-refractivity contribution in [2.75, 3.05) is 32.4 Å². The molecule has 726 valence electrons. The average Bonchev–Trinajstić information content (AvgIpc) is 1.66. The Morgan fingerprint density at radius 3 is 0.807 bits per heavy atom. The molecule has 5 N–H and O–H groups in total. The number of hydrogen-bond donors (Lipinski definition) is 4. The Bertz CT molecular complexity index is 5320. The number of hydrogen-bond acceptors (Lipinski definition) is 15. The number of rotatable bonds is 13. The molecule has 135 heavy (non-hydrogen) atoms. The van der Waals surface area contributed by atoms with Crippen molar-refractivity contribution in [3.8, 4) is 33.4 Å². The fourth-order valence-corrected chi connectivity index (χ4v) is 18.8. The van der Waals surface area contributed by atoms with Gasteiger partial charge in [-0.1, -0.05) is 215 Å². The number of nitrogens with one attached hydrogen (secondary N) is 2. The van der Waals surface area contributed by atoms with E-state index in [9.17, 15) is 38.4 Å². The maximum atomic E-state index is 13.2. The van der Waals surface area contributed by atoms with Crippen LogP contribution in [0.3, 0.4) is 0 Å². The van der Waals surface area contributed by atoms with E-state index in [4.69, 9.17) is 153 Å². The summed E-state index contributed by atoms with van der Waals surface area (Å²) in [5.41, 5.74) is 23.0. The molecule has 8 aromatic carbocycles. The lowest BCUT2D eigenvalue weighted by Gasteiger charge is -2.24. The molecule has 2 amide bonds. The van der Waals surface area contributed by atoms with E-state index in [1.165, 1.54) is 89.6 Å². The number of benzene rings is 8. The summed E-state index contributed by atoms with van der Waals surface area (Å²) in [6, 6.07) is 63.0. The van der Waals surface area contributed by atoms with Crippen molar-refractivity contribution in [3.05, 3.63) is 298 Å². The van der Waals surface area contributed by atoms with Crippen LogP contribution in [-0.4, -0.2) is 84.1 Å². The first-order chi connectivity index (χ1) is 62.8. The van der Waals surface area contributed by atoms with Crippen LogP contribution in [0.2, 0.25) is 15.1 Å². The summed E-state index contributed by atoms with van der Waals surface area (Å²) in [4.78, 5) is 97.6. The Kier molecular flexibility index (Phi) is 50.1. The second-order valence-electron chi connectivity index (χ2n) is 34.4. The van der Waals surface area contributed by atoms with Crippen molar-refractivity contribution in [1.29, 1.82) is 0 Å². The molecule has 0 saturated carbocycles. The third-order valence-corrected chi connectivity index (χ3v) is 25.6. The lowest BCUT2D eigenvalue weighted by molar-refractivity contribution is -0.142. The van der Waals surface area contributed by atoms with Crippen molar-refractivity contribution in [1.82, 2.24) is 0 Å². The number of carboxylic acids is 1.